The van der Waals surface area contributed by atoms with E-state index in [0.29, 0.717) is 37.1 Å². The summed E-state index contributed by atoms with van der Waals surface area (Å²) >= 11 is 0. The Hall–Kier alpha value is -3.31. The zero-order chi connectivity index (χ0) is 24.7. The molecule has 8 nitrogen and oxygen atoms in total. The van der Waals surface area contributed by atoms with E-state index < -0.39 is 24.3 Å². The maximum atomic E-state index is 13.6. The Bertz CT molecular complexity index is 1190. The molecule has 2 saturated heterocycles. The Morgan fingerprint density at radius 2 is 1.91 bits per heavy atom. The van der Waals surface area contributed by atoms with Gasteiger partial charge in [-0.25, -0.2) is 18.4 Å². The fourth-order valence-electron chi connectivity index (χ4n) is 4.28. The van der Waals surface area contributed by atoms with Crippen molar-refractivity contribution in [1.29, 1.82) is 0 Å². The monoisotopic (exact) mass is 479 g/mol. The van der Waals surface area contributed by atoms with Crippen molar-refractivity contribution in [3.63, 3.8) is 0 Å². The number of halogens is 4. The maximum absolute atomic E-state index is 13.6. The van der Waals surface area contributed by atoms with Crippen LogP contribution in [0.2, 0.25) is 0 Å². The lowest BCUT2D eigenvalue weighted by Crippen LogP contribution is -2.60. The number of carbonyl (C=O) groups is 1. The first kappa shape index (κ1) is 23.8. The second-order valence-corrected chi connectivity index (χ2v) is 8.30. The normalized spacial score (nSPS) is 17.4. The van der Waals surface area contributed by atoms with Crippen molar-refractivity contribution >= 4 is 28.6 Å². The van der Waals surface area contributed by atoms with Gasteiger partial charge in [0.1, 0.15) is 12.2 Å². The van der Waals surface area contributed by atoms with Gasteiger partial charge >= 0.3 is 0 Å². The van der Waals surface area contributed by atoms with Gasteiger partial charge in [0, 0.05) is 44.6 Å². The molecule has 0 aromatic carbocycles. The summed E-state index contributed by atoms with van der Waals surface area (Å²) in [7, 11) is 0. The molecule has 2 fully saturated rings. The van der Waals surface area contributed by atoms with Gasteiger partial charge in [-0.1, -0.05) is 13.8 Å². The third kappa shape index (κ3) is 4.16. The summed E-state index contributed by atoms with van der Waals surface area (Å²) in [4.78, 5) is 28.8. The summed E-state index contributed by atoms with van der Waals surface area (Å²) in [5.41, 5.74) is -0.150. The molecule has 3 aromatic rings. The highest BCUT2D eigenvalue weighted by Crippen LogP contribution is 2.44. The van der Waals surface area contributed by atoms with Crippen molar-refractivity contribution in [2.45, 2.75) is 46.1 Å². The Labute approximate surface area is 193 Å². The fourth-order valence-corrected chi connectivity index (χ4v) is 4.28. The van der Waals surface area contributed by atoms with E-state index in [1.165, 1.54) is 29.6 Å². The van der Waals surface area contributed by atoms with Crippen LogP contribution in [-0.2, 0) is 17.3 Å². The number of hydrogen-bond donors (Lipinski definition) is 0. The molecular formula is C22H25F4N7O. The molecule has 1 spiro atoms. The second kappa shape index (κ2) is 8.80. The predicted molar refractivity (Wildman–Crippen MR) is 118 cm³/mol. The summed E-state index contributed by atoms with van der Waals surface area (Å²) in [6, 6.07) is 2.98. The van der Waals surface area contributed by atoms with Crippen LogP contribution in [0.15, 0.2) is 30.7 Å². The van der Waals surface area contributed by atoms with Crippen LogP contribution in [-0.4, -0.2) is 56.7 Å². The molecule has 182 valence electrons. The summed E-state index contributed by atoms with van der Waals surface area (Å²) in [5.74, 6) is -3.07. The number of alkyl halides is 4. The number of carbonyl (C=O) groups excluding carboxylic acids is 1. The lowest BCUT2D eigenvalue weighted by atomic mass is 9.78. The number of nitrogens with zero attached hydrogens (tertiary/aromatic N) is 7. The average Bonchev–Trinajstić information content (AvgIpc) is 3.34. The average molecular weight is 479 g/mol. The molecule has 5 rings (SSSR count). The molecule has 34 heavy (non-hydrogen) atoms. The molecule has 1 amide bonds. The largest absolute Gasteiger partial charge is 0.369 e. The van der Waals surface area contributed by atoms with Crippen LogP contribution in [0, 0.1) is 5.41 Å². The zero-order valence-electron chi connectivity index (χ0n) is 19.1. The first-order chi connectivity index (χ1) is 16.2. The van der Waals surface area contributed by atoms with Crippen molar-refractivity contribution in [3.05, 3.63) is 36.4 Å². The molecule has 3 aromatic heterocycles. The lowest BCUT2D eigenvalue weighted by Gasteiger charge is -2.47. The zero-order valence-corrected chi connectivity index (χ0v) is 19.1. The molecular weight excluding hydrogens is 454 g/mol. The Balaban J connectivity index is 0.00000133. The minimum Gasteiger partial charge on any atom is -0.369 e. The van der Waals surface area contributed by atoms with E-state index in [-0.39, 0.29) is 23.2 Å². The number of aromatic nitrogens is 5. The highest BCUT2D eigenvalue weighted by molar-refractivity contribution is 6.01. The van der Waals surface area contributed by atoms with Gasteiger partial charge in [0.05, 0.1) is 17.0 Å². The van der Waals surface area contributed by atoms with Gasteiger partial charge in [0.25, 0.3) is 12.3 Å². The molecule has 0 radical (unpaired) electrons. The minimum atomic E-state index is -3.05. The molecule has 0 saturated carbocycles. The van der Waals surface area contributed by atoms with Gasteiger partial charge in [0.2, 0.25) is 11.9 Å². The van der Waals surface area contributed by atoms with Crippen molar-refractivity contribution in [1.82, 2.24) is 24.7 Å². The Kier molecular flexibility index (Phi) is 6.17. The third-order valence-electron chi connectivity index (χ3n) is 5.97. The fraction of sp³-hybridized carbons (Fsp3) is 0.500. The van der Waals surface area contributed by atoms with Gasteiger partial charge in [-0.15, -0.1) is 0 Å². The van der Waals surface area contributed by atoms with E-state index in [1.54, 1.807) is 6.07 Å². The maximum Gasteiger partial charge on any atom is 0.287 e. The van der Waals surface area contributed by atoms with E-state index in [2.05, 4.69) is 20.1 Å². The van der Waals surface area contributed by atoms with Crippen molar-refractivity contribution in [2.75, 3.05) is 29.4 Å². The second-order valence-electron chi connectivity index (χ2n) is 8.30. The molecule has 0 atom stereocenters. The SMILES string of the molecule is CC.CC(F)(F)c1cc(N2CC3(CCN(c4ncc5cnn(CC(F)F)c5n4)C3=O)C2)ccn1. The molecule has 0 bridgehead atoms. The molecule has 2 aliphatic rings. The number of fused-ring (bicyclic) bond motifs is 1. The Morgan fingerprint density at radius 3 is 2.59 bits per heavy atom. The van der Waals surface area contributed by atoms with Crippen LogP contribution < -0.4 is 9.80 Å². The van der Waals surface area contributed by atoms with Crippen LogP contribution in [0.1, 0.15) is 32.9 Å². The standard InChI is InChI=1S/C20H19F4N7O.C2H6/c1-19(23,24)14-6-13(2-4-25-14)29-10-20(11-29)3-5-30(17(20)32)18-26-7-12-8-27-31(9-15(21)22)16(12)28-18;1-2/h2,4,6-8,15H,3,5,9-11H2,1H3;1-2H3. The summed E-state index contributed by atoms with van der Waals surface area (Å²) < 4.78 is 53.9. The summed E-state index contributed by atoms with van der Waals surface area (Å²) in [6.07, 6.45) is 2.17. The molecule has 2 aliphatic heterocycles. The van der Waals surface area contributed by atoms with E-state index in [0.717, 1.165) is 11.6 Å². The van der Waals surface area contributed by atoms with Crippen LogP contribution in [0.5, 0.6) is 0 Å². The van der Waals surface area contributed by atoms with Gasteiger partial charge in [-0.05, 0) is 18.6 Å². The predicted octanol–water partition coefficient (Wildman–Crippen LogP) is 3.87. The highest BCUT2D eigenvalue weighted by atomic mass is 19.3. The lowest BCUT2D eigenvalue weighted by molar-refractivity contribution is -0.126. The first-order valence-electron chi connectivity index (χ1n) is 11.0. The van der Waals surface area contributed by atoms with E-state index in [4.69, 9.17) is 0 Å². The van der Waals surface area contributed by atoms with Crippen molar-refractivity contribution < 1.29 is 22.4 Å². The molecule has 0 aliphatic carbocycles. The summed E-state index contributed by atoms with van der Waals surface area (Å²) in [6.45, 7) is 5.34. The minimum absolute atomic E-state index is 0.144. The first-order valence-corrected chi connectivity index (χ1v) is 11.0. The smallest absolute Gasteiger partial charge is 0.287 e. The van der Waals surface area contributed by atoms with Gasteiger partial charge in [0.15, 0.2) is 5.65 Å². The topological polar surface area (TPSA) is 80.0 Å². The van der Waals surface area contributed by atoms with E-state index >= 15 is 0 Å². The third-order valence-corrected chi connectivity index (χ3v) is 5.97. The number of anilines is 2. The van der Waals surface area contributed by atoms with Crippen molar-refractivity contribution in [3.8, 4) is 0 Å². The van der Waals surface area contributed by atoms with E-state index in [1.807, 2.05) is 18.7 Å². The quantitative estimate of drug-likeness (QED) is 0.517. The van der Waals surface area contributed by atoms with Crippen molar-refractivity contribution in [2.24, 2.45) is 5.41 Å². The number of hydrogen-bond acceptors (Lipinski definition) is 6. The Morgan fingerprint density at radius 1 is 1.18 bits per heavy atom. The highest BCUT2D eigenvalue weighted by Gasteiger charge is 2.55. The summed E-state index contributed by atoms with van der Waals surface area (Å²) in [5, 5.41) is 4.42. The molecule has 12 heteroatoms. The molecule has 0 N–H and O–H groups in total. The van der Waals surface area contributed by atoms with Gasteiger partial charge in [-0.3, -0.25) is 14.7 Å². The van der Waals surface area contributed by atoms with Crippen LogP contribution in [0.25, 0.3) is 11.0 Å². The number of amides is 1. The number of pyridine rings is 1. The van der Waals surface area contributed by atoms with Crippen LogP contribution in [0.3, 0.4) is 0 Å². The molecule has 5 heterocycles. The van der Waals surface area contributed by atoms with Crippen LogP contribution in [0.4, 0.5) is 29.2 Å². The van der Waals surface area contributed by atoms with Gasteiger partial charge < -0.3 is 4.90 Å². The van der Waals surface area contributed by atoms with E-state index in [9.17, 15) is 22.4 Å². The van der Waals surface area contributed by atoms with Crippen LogP contribution >= 0.6 is 0 Å². The number of rotatable bonds is 5. The molecule has 0 unspecified atom stereocenters. The van der Waals surface area contributed by atoms with Gasteiger partial charge in [-0.2, -0.15) is 18.9 Å².